The highest BCUT2D eigenvalue weighted by molar-refractivity contribution is 7.80. The number of rotatable bonds is 6. The number of amides is 1. The van der Waals surface area contributed by atoms with Crippen molar-refractivity contribution in [3.05, 3.63) is 16.4 Å². The van der Waals surface area contributed by atoms with Gasteiger partial charge in [0.05, 0.1) is 0 Å². The predicted molar refractivity (Wildman–Crippen MR) is 60.1 cm³/mol. The molecule has 11 heteroatoms. The molecule has 0 saturated carbocycles. The van der Waals surface area contributed by atoms with Crippen LogP contribution in [0.5, 0.6) is 0 Å². The second-order valence-corrected chi connectivity index (χ2v) is 3.51. The molecule has 0 fully saturated rings. The molecule has 1 unspecified atom stereocenters. The van der Waals surface area contributed by atoms with Crippen LogP contribution in [0.15, 0.2) is 6.33 Å². The number of nitro groups is 1. The number of aromatic nitrogens is 3. The molecule has 0 aliphatic rings. The van der Waals surface area contributed by atoms with Crippen molar-refractivity contribution in [2.45, 2.75) is 12.6 Å². The summed E-state index contributed by atoms with van der Waals surface area (Å²) in [5.41, 5.74) is 0. The van der Waals surface area contributed by atoms with Crippen molar-refractivity contribution in [2.24, 2.45) is 0 Å². The molecule has 0 bridgehead atoms. The first kappa shape index (κ1) is 13.9. The van der Waals surface area contributed by atoms with E-state index in [9.17, 15) is 19.7 Å². The van der Waals surface area contributed by atoms with Crippen LogP contribution in [0.4, 0.5) is 5.95 Å². The van der Waals surface area contributed by atoms with Crippen LogP contribution in [0.3, 0.4) is 0 Å². The van der Waals surface area contributed by atoms with E-state index >= 15 is 0 Å². The summed E-state index contributed by atoms with van der Waals surface area (Å²) in [4.78, 5) is 34.9. The monoisotopic (exact) mass is 275 g/mol. The van der Waals surface area contributed by atoms with Gasteiger partial charge in [-0.25, -0.2) is 4.79 Å². The molecule has 2 N–H and O–H groups in total. The van der Waals surface area contributed by atoms with E-state index in [4.69, 9.17) is 5.11 Å². The number of carboxylic acids is 1. The molecule has 0 aromatic carbocycles. The van der Waals surface area contributed by atoms with Gasteiger partial charge in [-0.1, -0.05) is 4.98 Å². The third-order valence-electron chi connectivity index (χ3n) is 1.81. The summed E-state index contributed by atoms with van der Waals surface area (Å²) in [6.45, 7) is -0.363. The second-order valence-electron chi connectivity index (χ2n) is 3.14. The predicted octanol–water partition coefficient (Wildman–Crippen LogP) is -1.31. The zero-order valence-electron chi connectivity index (χ0n) is 8.89. The molecule has 0 radical (unpaired) electrons. The van der Waals surface area contributed by atoms with Crippen molar-refractivity contribution in [3.8, 4) is 0 Å². The summed E-state index contributed by atoms with van der Waals surface area (Å²) in [6.07, 6.45) is 1.01. The van der Waals surface area contributed by atoms with Gasteiger partial charge in [0.2, 0.25) is 12.2 Å². The van der Waals surface area contributed by atoms with E-state index in [0.717, 1.165) is 11.0 Å². The van der Waals surface area contributed by atoms with E-state index in [2.05, 4.69) is 28.0 Å². The molecule has 0 aliphatic heterocycles. The Hall–Kier alpha value is -2.17. The van der Waals surface area contributed by atoms with E-state index in [1.165, 1.54) is 0 Å². The average molecular weight is 275 g/mol. The first-order valence-electron chi connectivity index (χ1n) is 4.61. The van der Waals surface area contributed by atoms with Gasteiger partial charge >= 0.3 is 11.9 Å². The summed E-state index contributed by atoms with van der Waals surface area (Å²) < 4.78 is 0.935. The quantitative estimate of drug-likeness (QED) is 0.332. The number of carbonyl (C=O) groups is 2. The molecule has 1 atom stereocenters. The zero-order valence-corrected chi connectivity index (χ0v) is 9.78. The standard InChI is InChI=1S/C7H9N5O5S/c13-5(9-4(2-18)6(14)15)1-11-3-8-7(10-11)12(16)17/h3-4,18H,1-2H2,(H,9,13)(H,14,15). The highest BCUT2D eigenvalue weighted by Crippen LogP contribution is 1.99. The minimum Gasteiger partial charge on any atom is -0.480 e. The van der Waals surface area contributed by atoms with Crippen molar-refractivity contribution in [3.63, 3.8) is 0 Å². The van der Waals surface area contributed by atoms with Crippen LogP contribution in [0.25, 0.3) is 0 Å². The lowest BCUT2D eigenvalue weighted by Gasteiger charge is -2.10. The van der Waals surface area contributed by atoms with Gasteiger partial charge in [-0.2, -0.15) is 17.3 Å². The van der Waals surface area contributed by atoms with Crippen LogP contribution in [0.1, 0.15) is 0 Å². The van der Waals surface area contributed by atoms with Gasteiger partial charge in [-0.15, -0.1) is 0 Å². The topological polar surface area (TPSA) is 140 Å². The maximum atomic E-state index is 11.4. The van der Waals surface area contributed by atoms with Crippen molar-refractivity contribution >= 4 is 30.5 Å². The molecule has 10 nitrogen and oxygen atoms in total. The molecule has 0 saturated heterocycles. The van der Waals surface area contributed by atoms with E-state index in [-0.39, 0.29) is 12.3 Å². The molecule has 18 heavy (non-hydrogen) atoms. The molecule has 0 aliphatic carbocycles. The minimum absolute atomic E-state index is 0.0709. The fourth-order valence-electron chi connectivity index (χ4n) is 1.02. The lowest BCUT2D eigenvalue weighted by atomic mass is 10.3. The van der Waals surface area contributed by atoms with E-state index in [1.54, 1.807) is 0 Å². The van der Waals surface area contributed by atoms with Gasteiger partial charge in [0, 0.05) is 10.9 Å². The molecular formula is C7H9N5O5S. The van der Waals surface area contributed by atoms with Gasteiger partial charge in [0.15, 0.2) is 0 Å². The molecule has 98 valence electrons. The highest BCUT2D eigenvalue weighted by atomic mass is 32.1. The molecule has 1 amide bonds. The van der Waals surface area contributed by atoms with Crippen molar-refractivity contribution in [2.75, 3.05) is 5.75 Å². The third kappa shape index (κ3) is 3.69. The fourth-order valence-corrected chi connectivity index (χ4v) is 1.26. The smallest absolute Gasteiger partial charge is 0.480 e. The maximum absolute atomic E-state index is 11.4. The van der Waals surface area contributed by atoms with E-state index < -0.39 is 28.8 Å². The molecule has 0 spiro atoms. The number of aliphatic carboxylic acids is 1. The van der Waals surface area contributed by atoms with Crippen molar-refractivity contribution in [1.82, 2.24) is 20.1 Å². The summed E-state index contributed by atoms with van der Waals surface area (Å²) in [7, 11) is 0. The number of nitrogens with zero attached hydrogens (tertiary/aromatic N) is 4. The number of hydrogen-bond acceptors (Lipinski definition) is 7. The lowest BCUT2D eigenvalue weighted by Crippen LogP contribution is -2.43. The van der Waals surface area contributed by atoms with Gasteiger partial charge in [-0.05, 0) is 4.92 Å². The Morgan fingerprint density at radius 1 is 1.67 bits per heavy atom. The summed E-state index contributed by atoms with van der Waals surface area (Å²) in [5, 5.41) is 24.6. The van der Waals surface area contributed by atoms with E-state index in [1.807, 2.05) is 0 Å². The summed E-state index contributed by atoms with van der Waals surface area (Å²) in [6, 6.07) is -1.13. The summed E-state index contributed by atoms with van der Waals surface area (Å²) >= 11 is 3.77. The number of nitrogens with one attached hydrogen (secondary N) is 1. The Morgan fingerprint density at radius 2 is 2.33 bits per heavy atom. The van der Waals surface area contributed by atoms with Crippen molar-refractivity contribution < 1.29 is 19.6 Å². The maximum Gasteiger partial charge on any atom is 0.490 e. The van der Waals surface area contributed by atoms with Crippen LogP contribution in [0.2, 0.25) is 0 Å². The Bertz CT molecular complexity index is 475. The number of carbonyl (C=O) groups excluding carboxylic acids is 1. The third-order valence-corrected chi connectivity index (χ3v) is 2.17. The van der Waals surface area contributed by atoms with Crippen LogP contribution in [-0.2, 0) is 16.1 Å². The highest BCUT2D eigenvalue weighted by Gasteiger charge is 2.20. The molecular weight excluding hydrogens is 266 g/mol. The minimum atomic E-state index is -1.22. The van der Waals surface area contributed by atoms with Crippen LogP contribution in [0, 0.1) is 10.1 Å². The normalized spacial score (nSPS) is 11.8. The SMILES string of the molecule is O=C(Cn1cnc([N+](=O)[O-])n1)NC(CS)C(=O)O. The number of carboxylic acid groups (broad SMARTS) is 1. The molecule has 1 heterocycles. The van der Waals surface area contributed by atoms with Gasteiger partial charge in [0.1, 0.15) is 12.6 Å². The Balaban J connectivity index is 2.58. The molecule has 1 aromatic rings. The Morgan fingerprint density at radius 3 is 2.78 bits per heavy atom. The Labute approximate surface area is 106 Å². The largest absolute Gasteiger partial charge is 0.490 e. The average Bonchev–Trinajstić information content (AvgIpc) is 2.74. The lowest BCUT2D eigenvalue weighted by molar-refractivity contribution is -0.394. The van der Waals surface area contributed by atoms with Gasteiger partial charge < -0.3 is 20.5 Å². The molecule has 1 aromatic heterocycles. The van der Waals surface area contributed by atoms with Crippen LogP contribution in [-0.4, -0.2) is 48.5 Å². The van der Waals surface area contributed by atoms with Gasteiger partial charge in [0.25, 0.3) is 0 Å². The van der Waals surface area contributed by atoms with Crippen molar-refractivity contribution in [1.29, 1.82) is 0 Å². The fraction of sp³-hybridized carbons (Fsp3) is 0.429. The molecule has 1 rings (SSSR count). The number of thiol groups is 1. The zero-order chi connectivity index (χ0) is 13.7. The second kappa shape index (κ2) is 5.95. The number of hydrogen-bond donors (Lipinski definition) is 3. The first-order chi connectivity index (χ1) is 8.43. The Kier molecular flexibility index (Phi) is 4.59. The van der Waals surface area contributed by atoms with Gasteiger partial charge in [-0.3, -0.25) is 4.79 Å². The van der Waals surface area contributed by atoms with E-state index in [0.29, 0.717) is 0 Å². The first-order valence-corrected chi connectivity index (χ1v) is 5.24. The van der Waals surface area contributed by atoms with Crippen LogP contribution < -0.4 is 5.32 Å². The van der Waals surface area contributed by atoms with Crippen LogP contribution >= 0.6 is 12.6 Å². The summed E-state index contributed by atoms with van der Waals surface area (Å²) in [5.74, 6) is -2.58.